The number of benzene rings is 3. The third kappa shape index (κ3) is 4.11. The molecule has 0 spiro atoms. The molecule has 3 aromatic carbocycles. The highest BCUT2D eigenvalue weighted by Gasteiger charge is 2.12. The molecule has 0 bridgehead atoms. The lowest BCUT2D eigenvalue weighted by Gasteiger charge is -2.09. The summed E-state index contributed by atoms with van der Waals surface area (Å²) < 4.78 is 22.4. The quantitative estimate of drug-likeness (QED) is 0.379. The fourth-order valence-corrected chi connectivity index (χ4v) is 3.22. The van der Waals surface area contributed by atoms with Gasteiger partial charge in [0.15, 0.2) is 11.5 Å². The van der Waals surface area contributed by atoms with Crippen LogP contribution in [0.1, 0.15) is 5.56 Å². The van der Waals surface area contributed by atoms with Gasteiger partial charge in [-0.2, -0.15) is 0 Å². The van der Waals surface area contributed by atoms with E-state index in [1.807, 2.05) is 66.7 Å². The van der Waals surface area contributed by atoms with Crippen molar-refractivity contribution < 1.29 is 18.6 Å². The molecule has 0 unspecified atom stereocenters. The molecule has 0 aliphatic rings. The minimum atomic E-state index is 0.490. The van der Waals surface area contributed by atoms with Crippen molar-refractivity contribution in [3.63, 3.8) is 0 Å². The lowest BCUT2D eigenvalue weighted by molar-refractivity contribution is 0.355. The molecule has 0 amide bonds. The van der Waals surface area contributed by atoms with Gasteiger partial charge in [0, 0.05) is 10.9 Å². The van der Waals surface area contributed by atoms with Crippen LogP contribution in [0.25, 0.3) is 28.2 Å². The number of fused-ring (bicyclic) bond motifs is 1. The van der Waals surface area contributed by atoms with Crippen LogP contribution in [-0.2, 0) is 0 Å². The molecule has 0 atom stereocenters. The summed E-state index contributed by atoms with van der Waals surface area (Å²) in [5, 5.41) is 0.988. The first-order valence-electron chi connectivity index (χ1n) is 9.36. The van der Waals surface area contributed by atoms with Crippen molar-refractivity contribution >= 4 is 17.0 Å². The minimum absolute atomic E-state index is 0.490. The zero-order valence-electron chi connectivity index (χ0n) is 16.4. The molecule has 0 fully saturated rings. The van der Waals surface area contributed by atoms with Gasteiger partial charge in [0.25, 0.3) is 0 Å². The summed E-state index contributed by atoms with van der Waals surface area (Å²) in [6.45, 7) is 0.490. The summed E-state index contributed by atoms with van der Waals surface area (Å²) in [6.07, 6.45) is 5.81. The van der Waals surface area contributed by atoms with Crippen LogP contribution in [-0.4, -0.2) is 20.8 Å². The highest BCUT2D eigenvalue weighted by molar-refractivity contribution is 5.95. The maximum atomic E-state index is 5.90. The number of furan rings is 1. The van der Waals surface area contributed by atoms with Crippen LogP contribution in [0.5, 0.6) is 17.2 Å². The second-order valence-corrected chi connectivity index (χ2v) is 6.50. The molecule has 0 N–H and O–H groups in total. The maximum absolute atomic E-state index is 5.90. The van der Waals surface area contributed by atoms with E-state index >= 15 is 0 Å². The molecule has 0 saturated carbocycles. The van der Waals surface area contributed by atoms with Crippen molar-refractivity contribution in [2.75, 3.05) is 20.8 Å². The standard InChI is InChI=1S/C25H22O4/c1-26-24-12-10-19(15-25(24)27-2)22-17-29-23-13-11-20(16-21(22)23)28-14-6-9-18-7-4-3-5-8-18/h3-13,15-17H,14H2,1-2H3/b9-6+. The third-order valence-electron chi connectivity index (χ3n) is 4.70. The Morgan fingerprint density at radius 2 is 1.69 bits per heavy atom. The number of ether oxygens (including phenoxy) is 3. The lowest BCUT2D eigenvalue weighted by atomic mass is 10.0. The zero-order valence-corrected chi connectivity index (χ0v) is 16.4. The molecule has 0 aliphatic carbocycles. The van der Waals surface area contributed by atoms with E-state index in [1.165, 1.54) is 0 Å². The molecule has 29 heavy (non-hydrogen) atoms. The summed E-state index contributed by atoms with van der Waals surface area (Å²) >= 11 is 0. The van der Waals surface area contributed by atoms with Gasteiger partial charge < -0.3 is 18.6 Å². The number of hydrogen-bond acceptors (Lipinski definition) is 4. The normalized spacial score (nSPS) is 11.1. The summed E-state index contributed by atoms with van der Waals surface area (Å²) in [4.78, 5) is 0. The Morgan fingerprint density at radius 3 is 2.48 bits per heavy atom. The van der Waals surface area contributed by atoms with E-state index in [-0.39, 0.29) is 0 Å². The van der Waals surface area contributed by atoms with E-state index in [2.05, 4.69) is 12.1 Å². The molecule has 0 saturated heterocycles. The molecule has 146 valence electrons. The molecule has 1 aromatic heterocycles. The van der Waals surface area contributed by atoms with Crippen LogP contribution in [0, 0.1) is 0 Å². The average Bonchev–Trinajstić information content (AvgIpc) is 3.20. The SMILES string of the molecule is COc1ccc(-c2coc3ccc(OC/C=C/c4ccccc4)cc23)cc1OC. The van der Waals surface area contributed by atoms with Gasteiger partial charge in [-0.3, -0.25) is 0 Å². The van der Waals surface area contributed by atoms with Gasteiger partial charge in [-0.05, 0) is 47.5 Å². The molecule has 4 aromatic rings. The minimum Gasteiger partial charge on any atom is -0.493 e. The van der Waals surface area contributed by atoms with Crippen LogP contribution < -0.4 is 14.2 Å². The van der Waals surface area contributed by atoms with Crippen LogP contribution in [0.4, 0.5) is 0 Å². The van der Waals surface area contributed by atoms with Gasteiger partial charge in [-0.25, -0.2) is 0 Å². The van der Waals surface area contributed by atoms with E-state index in [9.17, 15) is 0 Å². The van der Waals surface area contributed by atoms with Crippen molar-refractivity contribution in [1.82, 2.24) is 0 Å². The van der Waals surface area contributed by atoms with Gasteiger partial charge in [-0.15, -0.1) is 0 Å². The first-order chi connectivity index (χ1) is 14.3. The Labute approximate surface area is 169 Å². The highest BCUT2D eigenvalue weighted by Crippen LogP contribution is 2.37. The fraction of sp³-hybridized carbons (Fsp3) is 0.120. The van der Waals surface area contributed by atoms with Crippen molar-refractivity contribution in [2.45, 2.75) is 0 Å². The van der Waals surface area contributed by atoms with Gasteiger partial charge >= 0.3 is 0 Å². The van der Waals surface area contributed by atoms with E-state index in [4.69, 9.17) is 18.6 Å². The van der Waals surface area contributed by atoms with Gasteiger partial charge in [0.05, 0.1) is 20.5 Å². The van der Waals surface area contributed by atoms with Gasteiger partial charge in [0.1, 0.15) is 17.9 Å². The Bertz CT molecular complexity index is 1130. The van der Waals surface area contributed by atoms with Crippen LogP contribution in [0.2, 0.25) is 0 Å². The highest BCUT2D eigenvalue weighted by atomic mass is 16.5. The maximum Gasteiger partial charge on any atom is 0.161 e. The second kappa shape index (κ2) is 8.57. The lowest BCUT2D eigenvalue weighted by Crippen LogP contribution is -1.93. The van der Waals surface area contributed by atoms with Gasteiger partial charge in [0.2, 0.25) is 0 Å². The molecule has 1 heterocycles. The third-order valence-corrected chi connectivity index (χ3v) is 4.70. The predicted molar refractivity (Wildman–Crippen MR) is 116 cm³/mol. The fourth-order valence-electron chi connectivity index (χ4n) is 3.22. The van der Waals surface area contributed by atoms with E-state index in [0.29, 0.717) is 18.1 Å². The van der Waals surface area contributed by atoms with Crippen LogP contribution >= 0.6 is 0 Å². The number of hydrogen-bond donors (Lipinski definition) is 0. The van der Waals surface area contributed by atoms with Crippen molar-refractivity contribution in [3.8, 4) is 28.4 Å². The number of methoxy groups -OCH3 is 2. The first-order valence-corrected chi connectivity index (χ1v) is 9.36. The topological polar surface area (TPSA) is 40.8 Å². The molecule has 0 aliphatic heterocycles. The van der Waals surface area contributed by atoms with Crippen LogP contribution in [0.3, 0.4) is 0 Å². The molecular weight excluding hydrogens is 364 g/mol. The largest absolute Gasteiger partial charge is 0.493 e. The monoisotopic (exact) mass is 386 g/mol. The van der Waals surface area contributed by atoms with Crippen molar-refractivity contribution in [1.29, 1.82) is 0 Å². The first kappa shape index (κ1) is 18.7. The smallest absolute Gasteiger partial charge is 0.161 e. The molecule has 4 nitrogen and oxygen atoms in total. The molecular formula is C25H22O4. The van der Waals surface area contributed by atoms with Crippen molar-refractivity contribution in [2.24, 2.45) is 0 Å². The molecule has 0 radical (unpaired) electrons. The van der Waals surface area contributed by atoms with Crippen LogP contribution in [0.15, 0.2) is 83.5 Å². The van der Waals surface area contributed by atoms with E-state index in [1.54, 1.807) is 20.5 Å². The predicted octanol–water partition coefficient (Wildman–Crippen LogP) is 6.21. The van der Waals surface area contributed by atoms with Gasteiger partial charge in [-0.1, -0.05) is 42.5 Å². The molecule has 4 heteroatoms. The summed E-state index contributed by atoms with van der Waals surface area (Å²) in [5.41, 5.74) is 3.92. The Hall–Kier alpha value is -3.66. The van der Waals surface area contributed by atoms with E-state index < -0.39 is 0 Å². The summed E-state index contributed by atoms with van der Waals surface area (Å²) in [7, 11) is 3.25. The second-order valence-electron chi connectivity index (χ2n) is 6.50. The summed E-state index contributed by atoms with van der Waals surface area (Å²) in [6, 6.07) is 21.8. The Kier molecular flexibility index (Phi) is 5.52. The zero-order chi connectivity index (χ0) is 20.1. The molecule has 4 rings (SSSR count). The summed E-state index contributed by atoms with van der Waals surface area (Å²) in [5.74, 6) is 2.16. The van der Waals surface area contributed by atoms with E-state index in [0.717, 1.165) is 33.4 Å². The van der Waals surface area contributed by atoms with Crippen molar-refractivity contribution in [3.05, 3.63) is 84.6 Å². The number of rotatable bonds is 7. The average molecular weight is 386 g/mol. The Morgan fingerprint density at radius 1 is 0.862 bits per heavy atom. The Balaban J connectivity index is 1.56.